The van der Waals surface area contributed by atoms with Crippen LogP contribution in [0.3, 0.4) is 0 Å². The Balaban J connectivity index is 3.28. The fourth-order valence-electron chi connectivity index (χ4n) is 5.69. The van der Waals surface area contributed by atoms with Crippen LogP contribution in [0.5, 0.6) is 0 Å². The summed E-state index contributed by atoms with van der Waals surface area (Å²) in [7, 11) is 0. The molecule has 0 rings (SSSR count). The third-order valence-electron chi connectivity index (χ3n) is 8.43. The average Bonchev–Trinajstić information content (AvgIpc) is 2.90. The van der Waals surface area contributed by atoms with Crippen molar-refractivity contribution in [3.05, 3.63) is 0 Å². The van der Waals surface area contributed by atoms with Crippen molar-refractivity contribution in [1.82, 2.24) is 0 Å². The van der Waals surface area contributed by atoms with Crippen molar-refractivity contribution in [2.75, 3.05) is 0 Å². The third-order valence-corrected chi connectivity index (χ3v) is 8.43. The van der Waals surface area contributed by atoms with Crippen LogP contribution in [-0.2, 0) is 0 Å². The first-order valence-electron chi connectivity index (χ1n) is 17.6. The van der Waals surface area contributed by atoms with E-state index in [2.05, 4.69) is 13.8 Å². The topological polar surface area (TPSA) is 60.7 Å². The number of unbranched alkanes of at least 4 members (excludes halogenated alkanes) is 20. The SMILES string of the molecule is CCCCCCCCCCC(O)CCCCCCCCC(O)CCCCCCCCCC(O)CCCCC. The normalized spacial score (nSPS) is 14.1. The maximum Gasteiger partial charge on any atom is 0.0540 e. The van der Waals surface area contributed by atoms with Gasteiger partial charge in [-0.3, -0.25) is 0 Å². The van der Waals surface area contributed by atoms with Crippen LogP contribution in [0.1, 0.15) is 206 Å². The lowest BCUT2D eigenvalue weighted by atomic mass is 10.00. The minimum absolute atomic E-state index is 0.0729. The highest BCUT2D eigenvalue weighted by Crippen LogP contribution is 2.17. The first kappa shape index (κ1) is 37.9. The van der Waals surface area contributed by atoms with Gasteiger partial charge in [-0.1, -0.05) is 168 Å². The second-order valence-corrected chi connectivity index (χ2v) is 12.5. The lowest BCUT2D eigenvalue weighted by Gasteiger charge is -2.11. The van der Waals surface area contributed by atoms with Gasteiger partial charge >= 0.3 is 0 Å². The molecule has 0 heterocycles. The van der Waals surface area contributed by atoms with E-state index in [9.17, 15) is 15.3 Å². The van der Waals surface area contributed by atoms with E-state index in [1.807, 2.05) is 0 Å². The second kappa shape index (κ2) is 31.4. The summed E-state index contributed by atoms with van der Waals surface area (Å²) < 4.78 is 0. The summed E-state index contributed by atoms with van der Waals surface area (Å²) >= 11 is 0. The largest absolute Gasteiger partial charge is 0.393 e. The van der Waals surface area contributed by atoms with Crippen LogP contribution in [0.4, 0.5) is 0 Å². The van der Waals surface area contributed by atoms with Crippen molar-refractivity contribution in [2.45, 2.75) is 225 Å². The van der Waals surface area contributed by atoms with Gasteiger partial charge in [0.05, 0.1) is 18.3 Å². The fourth-order valence-corrected chi connectivity index (χ4v) is 5.69. The van der Waals surface area contributed by atoms with Crippen LogP contribution < -0.4 is 0 Å². The van der Waals surface area contributed by atoms with E-state index in [1.165, 1.54) is 148 Å². The first-order valence-corrected chi connectivity index (χ1v) is 17.6. The molecule has 0 aliphatic carbocycles. The number of aliphatic hydroxyl groups excluding tert-OH is 3. The van der Waals surface area contributed by atoms with Gasteiger partial charge in [0.15, 0.2) is 0 Å². The monoisotopic (exact) mass is 541 g/mol. The number of hydrogen-bond acceptors (Lipinski definition) is 3. The maximum atomic E-state index is 10.3. The van der Waals surface area contributed by atoms with Crippen LogP contribution in [0.2, 0.25) is 0 Å². The molecule has 38 heavy (non-hydrogen) atoms. The van der Waals surface area contributed by atoms with Gasteiger partial charge in [0.25, 0.3) is 0 Å². The van der Waals surface area contributed by atoms with Crippen molar-refractivity contribution in [1.29, 1.82) is 0 Å². The molecule has 3 N–H and O–H groups in total. The van der Waals surface area contributed by atoms with Gasteiger partial charge in [-0.05, 0) is 38.5 Å². The summed E-state index contributed by atoms with van der Waals surface area (Å²) in [5.74, 6) is 0. The van der Waals surface area contributed by atoms with Crippen LogP contribution in [0.15, 0.2) is 0 Å². The Morgan fingerprint density at radius 2 is 0.421 bits per heavy atom. The third kappa shape index (κ3) is 30.4. The molecule has 0 spiro atoms. The quantitative estimate of drug-likeness (QED) is 0.0743. The Bertz CT molecular complexity index is 427. The predicted molar refractivity (Wildman–Crippen MR) is 168 cm³/mol. The highest BCUT2D eigenvalue weighted by Gasteiger charge is 2.06. The van der Waals surface area contributed by atoms with E-state index >= 15 is 0 Å². The molecule has 0 aliphatic heterocycles. The summed E-state index contributed by atoms with van der Waals surface area (Å²) in [4.78, 5) is 0. The summed E-state index contributed by atoms with van der Waals surface area (Å²) in [6.07, 6.45) is 36.1. The Morgan fingerprint density at radius 1 is 0.263 bits per heavy atom. The summed E-state index contributed by atoms with van der Waals surface area (Å²) in [5.41, 5.74) is 0. The zero-order valence-electron chi connectivity index (χ0n) is 26.3. The van der Waals surface area contributed by atoms with E-state index in [0.29, 0.717) is 0 Å². The van der Waals surface area contributed by atoms with Gasteiger partial charge in [0, 0.05) is 0 Å². The molecule has 3 nitrogen and oxygen atoms in total. The van der Waals surface area contributed by atoms with E-state index in [0.717, 1.165) is 44.9 Å². The molecule has 3 atom stereocenters. The molecule has 3 unspecified atom stereocenters. The highest BCUT2D eigenvalue weighted by atomic mass is 16.3. The van der Waals surface area contributed by atoms with Crippen molar-refractivity contribution >= 4 is 0 Å². The Hall–Kier alpha value is -0.120. The predicted octanol–water partition coefficient (Wildman–Crippen LogP) is 10.8. The Kier molecular flexibility index (Phi) is 31.3. The minimum atomic E-state index is -0.101. The first-order chi connectivity index (χ1) is 18.6. The second-order valence-electron chi connectivity index (χ2n) is 12.5. The molecule has 0 aromatic rings. The number of hydrogen-bond donors (Lipinski definition) is 3. The number of rotatable bonds is 32. The van der Waals surface area contributed by atoms with Gasteiger partial charge in [0.2, 0.25) is 0 Å². The van der Waals surface area contributed by atoms with Gasteiger partial charge in [-0.25, -0.2) is 0 Å². The fraction of sp³-hybridized carbons (Fsp3) is 1.00. The molecular formula is C35H72O3. The van der Waals surface area contributed by atoms with Gasteiger partial charge in [0.1, 0.15) is 0 Å². The van der Waals surface area contributed by atoms with Crippen molar-refractivity contribution < 1.29 is 15.3 Å². The molecule has 0 fully saturated rings. The maximum absolute atomic E-state index is 10.3. The highest BCUT2D eigenvalue weighted by molar-refractivity contribution is 4.60. The van der Waals surface area contributed by atoms with Crippen molar-refractivity contribution in [3.8, 4) is 0 Å². The van der Waals surface area contributed by atoms with Crippen LogP contribution in [-0.4, -0.2) is 33.6 Å². The lowest BCUT2D eigenvalue weighted by molar-refractivity contribution is 0.145. The van der Waals surface area contributed by atoms with Crippen molar-refractivity contribution in [3.63, 3.8) is 0 Å². The summed E-state index contributed by atoms with van der Waals surface area (Å²) in [5, 5.41) is 30.4. The molecule has 230 valence electrons. The van der Waals surface area contributed by atoms with Crippen molar-refractivity contribution in [2.24, 2.45) is 0 Å². The molecule has 0 bridgehead atoms. The molecule has 0 aliphatic rings. The molecule has 0 amide bonds. The van der Waals surface area contributed by atoms with E-state index in [1.54, 1.807) is 0 Å². The van der Waals surface area contributed by atoms with Crippen LogP contribution >= 0.6 is 0 Å². The summed E-state index contributed by atoms with van der Waals surface area (Å²) in [6.45, 7) is 4.48. The molecule has 0 aromatic carbocycles. The smallest absolute Gasteiger partial charge is 0.0540 e. The van der Waals surface area contributed by atoms with E-state index in [-0.39, 0.29) is 18.3 Å². The minimum Gasteiger partial charge on any atom is -0.393 e. The Morgan fingerprint density at radius 3 is 0.658 bits per heavy atom. The molecular weight excluding hydrogens is 468 g/mol. The van der Waals surface area contributed by atoms with Gasteiger partial charge < -0.3 is 15.3 Å². The standard InChI is InChI=1S/C35H72O3/c1-3-5-7-8-9-11-16-23-29-34(37)31-25-19-14-15-20-26-32-35(38)30-24-18-13-10-12-17-22-28-33(36)27-21-6-4-2/h33-38H,3-32H2,1-2H3. The lowest BCUT2D eigenvalue weighted by Crippen LogP contribution is -2.06. The van der Waals surface area contributed by atoms with Gasteiger partial charge in [-0.15, -0.1) is 0 Å². The number of aliphatic hydroxyl groups is 3. The average molecular weight is 541 g/mol. The van der Waals surface area contributed by atoms with E-state index < -0.39 is 0 Å². The zero-order valence-corrected chi connectivity index (χ0v) is 26.3. The molecule has 0 saturated heterocycles. The molecule has 0 aromatic heterocycles. The van der Waals surface area contributed by atoms with Crippen LogP contribution in [0, 0.1) is 0 Å². The van der Waals surface area contributed by atoms with E-state index in [4.69, 9.17) is 0 Å². The molecule has 3 heteroatoms. The summed E-state index contributed by atoms with van der Waals surface area (Å²) in [6, 6.07) is 0. The Labute approximate surface area is 240 Å². The molecule has 0 saturated carbocycles. The van der Waals surface area contributed by atoms with Gasteiger partial charge in [-0.2, -0.15) is 0 Å². The molecule has 0 radical (unpaired) electrons. The zero-order chi connectivity index (χ0) is 27.9. The van der Waals surface area contributed by atoms with Crippen LogP contribution in [0.25, 0.3) is 0 Å².